The number of hydrogen-bond donors (Lipinski definition) is 2. The lowest BCUT2D eigenvalue weighted by Crippen LogP contribution is -2.28. The molecule has 0 bridgehead atoms. The molecule has 158 valence electrons. The quantitative estimate of drug-likeness (QED) is 0.636. The Balaban J connectivity index is 2.27. The van der Waals surface area contributed by atoms with Gasteiger partial charge in [0.1, 0.15) is 17.2 Å². The van der Waals surface area contributed by atoms with Crippen molar-refractivity contribution in [1.29, 1.82) is 0 Å². The third-order valence-corrected chi connectivity index (χ3v) is 4.29. The number of ether oxygens (including phenoxy) is 1. The van der Waals surface area contributed by atoms with E-state index in [4.69, 9.17) is 16.2 Å². The van der Waals surface area contributed by atoms with E-state index in [1.807, 2.05) is 0 Å². The molecule has 2 amide bonds. The molecule has 0 aliphatic rings. The van der Waals surface area contributed by atoms with Crippen molar-refractivity contribution in [2.45, 2.75) is 19.1 Å². The lowest BCUT2D eigenvalue weighted by Gasteiger charge is -2.19. The molecule has 30 heavy (non-hydrogen) atoms. The van der Waals surface area contributed by atoms with Gasteiger partial charge in [0.15, 0.2) is 0 Å². The number of carbonyl (C=O) groups is 2. The fourth-order valence-corrected chi connectivity index (χ4v) is 2.58. The molecule has 6 nitrogen and oxygen atoms in total. The molecule has 0 aliphatic heterocycles. The van der Waals surface area contributed by atoms with Crippen LogP contribution in [0.15, 0.2) is 66.2 Å². The number of alkyl halides is 3. The van der Waals surface area contributed by atoms with Crippen LogP contribution in [0, 0.1) is 5.92 Å². The van der Waals surface area contributed by atoms with Crippen LogP contribution in [0.3, 0.4) is 0 Å². The predicted molar refractivity (Wildman–Crippen MR) is 106 cm³/mol. The molecule has 0 spiro atoms. The molecule has 9 heteroatoms. The van der Waals surface area contributed by atoms with Gasteiger partial charge in [-0.05, 0) is 48.0 Å². The molecule has 0 aromatic heterocycles. The highest BCUT2D eigenvalue weighted by molar-refractivity contribution is 6.42. The molecule has 0 saturated carbocycles. The maximum Gasteiger partial charge on any atom is 0.416 e. The molecule has 4 N–H and O–H groups in total. The number of carbonyl (C=O) groups excluding carboxylic acids is 2. The van der Waals surface area contributed by atoms with Crippen molar-refractivity contribution in [1.82, 2.24) is 0 Å². The van der Waals surface area contributed by atoms with Crippen molar-refractivity contribution in [3.63, 3.8) is 0 Å². The summed E-state index contributed by atoms with van der Waals surface area (Å²) in [5.74, 6) is -1.60. The maximum atomic E-state index is 12.6. The molecule has 0 aliphatic carbocycles. The molecule has 2 atom stereocenters. The summed E-state index contributed by atoms with van der Waals surface area (Å²) < 4.78 is 43.4. The molecule has 2 aromatic carbocycles. The van der Waals surface area contributed by atoms with Gasteiger partial charge in [0.25, 0.3) is 5.91 Å². The number of amides is 2. The summed E-state index contributed by atoms with van der Waals surface area (Å²) in [4.78, 5) is 27.3. The van der Waals surface area contributed by atoms with Crippen molar-refractivity contribution >= 4 is 17.5 Å². The summed E-state index contributed by atoms with van der Waals surface area (Å²) in [5, 5.41) is 0. The van der Waals surface area contributed by atoms with E-state index in [-0.39, 0.29) is 11.5 Å². The predicted octanol–water partition coefficient (Wildman–Crippen LogP) is 3.77. The Kier molecular flexibility index (Phi) is 6.99. The molecule has 0 saturated heterocycles. The van der Waals surface area contributed by atoms with Gasteiger partial charge in [0.05, 0.1) is 17.5 Å². The van der Waals surface area contributed by atoms with E-state index >= 15 is 0 Å². The van der Waals surface area contributed by atoms with Gasteiger partial charge in [-0.25, -0.2) is 0 Å². The van der Waals surface area contributed by atoms with Crippen molar-refractivity contribution in [2.24, 2.45) is 22.4 Å². The first-order valence-electron chi connectivity index (χ1n) is 8.77. The van der Waals surface area contributed by atoms with Gasteiger partial charge >= 0.3 is 6.18 Å². The molecular weight excluding hydrogens is 399 g/mol. The zero-order chi connectivity index (χ0) is 22.5. The van der Waals surface area contributed by atoms with Gasteiger partial charge in [0, 0.05) is 0 Å². The highest BCUT2D eigenvalue weighted by atomic mass is 19.4. The molecule has 0 heterocycles. The van der Waals surface area contributed by atoms with Crippen LogP contribution in [0.5, 0.6) is 11.5 Å². The van der Waals surface area contributed by atoms with Crippen LogP contribution in [0.2, 0.25) is 0 Å². The zero-order valence-corrected chi connectivity index (χ0v) is 16.0. The van der Waals surface area contributed by atoms with Crippen LogP contribution in [-0.4, -0.2) is 17.5 Å². The third kappa shape index (κ3) is 5.69. The van der Waals surface area contributed by atoms with E-state index in [1.54, 1.807) is 31.2 Å². The molecule has 0 radical (unpaired) electrons. The minimum Gasteiger partial charge on any atom is -0.457 e. The Morgan fingerprint density at radius 3 is 1.93 bits per heavy atom. The number of aliphatic imine (C=N–C) groups is 1. The van der Waals surface area contributed by atoms with Crippen molar-refractivity contribution in [3.8, 4) is 11.5 Å². The first-order chi connectivity index (χ1) is 14.0. The molecule has 1 unspecified atom stereocenters. The van der Waals surface area contributed by atoms with Crippen LogP contribution in [-0.2, 0) is 15.8 Å². The molecule has 2 aromatic rings. The number of halogens is 3. The van der Waals surface area contributed by atoms with Crippen molar-refractivity contribution < 1.29 is 27.5 Å². The van der Waals surface area contributed by atoms with E-state index in [1.165, 1.54) is 18.2 Å². The van der Waals surface area contributed by atoms with E-state index < -0.39 is 35.5 Å². The van der Waals surface area contributed by atoms with Crippen LogP contribution >= 0.6 is 0 Å². The summed E-state index contributed by atoms with van der Waals surface area (Å²) in [5.41, 5.74) is 10.3. The van der Waals surface area contributed by atoms with E-state index in [0.717, 1.165) is 12.1 Å². The van der Waals surface area contributed by atoms with Gasteiger partial charge in [-0.3, -0.25) is 14.6 Å². The SMILES string of the molecule is C=CC(=NC(c1ccc(Oc2ccc(C(F)(F)F)cc2)cc1)[C@@H](C)C(N)=O)C(N)=O. The minimum absolute atomic E-state index is 0.0989. The normalized spacial score (nSPS) is 13.9. The Morgan fingerprint density at radius 2 is 1.53 bits per heavy atom. The van der Waals surface area contributed by atoms with Crippen molar-refractivity contribution in [3.05, 3.63) is 72.3 Å². The Labute approximate surface area is 171 Å². The molecular formula is C21H20F3N3O3. The second-order valence-electron chi connectivity index (χ2n) is 6.41. The second kappa shape index (κ2) is 9.25. The van der Waals surface area contributed by atoms with Crippen LogP contribution in [0.1, 0.15) is 24.1 Å². The van der Waals surface area contributed by atoms with Crippen LogP contribution < -0.4 is 16.2 Å². The topological polar surface area (TPSA) is 108 Å². The van der Waals surface area contributed by atoms with Gasteiger partial charge in [0.2, 0.25) is 5.91 Å². The smallest absolute Gasteiger partial charge is 0.416 e. The van der Waals surface area contributed by atoms with Crippen molar-refractivity contribution in [2.75, 3.05) is 0 Å². The summed E-state index contributed by atoms with van der Waals surface area (Å²) in [6.45, 7) is 5.04. The number of benzene rings is 2. The number of nitrogens with zero attached hydrogens (tertiary/aromatic N) is 1. The number of rotatable bonds is 8. The van der Waals surface area contributed by atoms with Gasteiger partial charge < -0.3 is 16.2 Å². The summed E-state index contributed by atoms with van der Waals surface area (Å²) in [7, 11) is 0. The number of hydrogen-bond acceptors (Lipinski definition) is 4. The fourth-order valence-electron chi connectivity index (χ4n) is 2.58. The van der Waals surface area contributed by atoms with Gasteiger partial charge in [-0.2, -0.15) is 13.2 Å². The summed E-state index contributed by atoms with van der Waals surface area (Å²) >= 11 is 0. The lowest BCUT2D eigenvalue weighted by molar-refractivity contribution is -0.137. The Bertz CT molecular complexity index is 952. The minimum atomic E-state index is -4.43. The second-order valence-corrected chi connectivity index (χ2v) is 6.41. The summed E-state index contributed by atoms with van der Waals surface area (Å²) in [6, 6.07) is 9.80. The van der Waals surface area contributed by atoms with Gasteiger partial charge in [-0.1, -0.05) is 25.6 Å². The monoisotopic (exact) mass is 419 g/mol. The third-order valence-electron chi connectivity index (χ3n) is 4.29. The van der Waals surface area contributed by atoms with Crippen LogP contribution in [0.4, 0.5) is 13.2 Å². The fraction of sp³-hybridized carbons (Fsp3) is 0.190. The number of primary amides is 2. The highest BCUT2D eigenvalue weighted by Gasteiger charge is 2.30. The summed E-state index contributed by atoms with van der Waals surface area (Å²) in [6.07, 6.45) is -3.24. The first-order valence-corrected chi connectivity index (χ1v) is 8.77. The van der Waals surface area contributed by atoms with Crippen LogP contribution in [0.25, 0.3) is 0 Å². The lowest BCUT2D eigenvalue weighted by atomic mass is 9.94. The standard InChI is InChI=1S/C21H20F3N3O3/c1-3-17(20(26)29)27-18(12(2)19(25)28)13-4-8-15(9-5-13)30-16-10-6-14(7-11-16)21(22,23)24/h3-12,18H,1H2,2H3,(H2,25,28)(H2,26,29)/t12-,18?/m1/s1. The van der Waals surface area contributed by atoms with Gasteiger partial charge in [-0.15, -0.1) is 0 Å². The van der Waals surface area contributed by atoms with E-state index in [0.29, 0.717) is 11.3 Å². The Morgan fingerprint density at radius 1 is 1.03 bits per heavy atom. The maximum absolute atomic E-state index is 12.6. The largest absolute Gasteiger partial charge is 0.457 e. The highest BCUT2D eigenvalue weighted by Crippen LogP contribution is 2.32. The molecule has 0 fully saturated rings. The van der Waals surface area contributed by atoms with E-state index in [9.17, 15) is 22.8 Å². The first kappa shape index (κ1) is 22.7. The average molecular weight is 419 g/mol. The number of nitrogens with two attached hydrogens (primary N) is 2. The zero-order valence-electron chi connectivity index (χ0n) is 16.0. The van der Waals surface area contributed by atoms with E-state index in [2.05, 4.69) is 11.6 Å². The Hall–Kier alpha value is -3.62. The molecule has 2 rings (SSSR count). The average Bonchev–Trinajstić information content (AvgIpc) is 2.68.